The summed E-state index contributed by atoms with van der Waals surface area (Å²) in [7, 11) is 0. The number of carboxylic acids is 1. The highest BCUT2D eigenvalue weighted by Gasteiger charge is 2.30. The lowest BCUT2D eigenvalue weighted by Gasteiger charge is -2.34. The van der Waals surface area contributed by atoms with Gasteiger partial charge in [0, 0.05) is 12.7 Å². The largest absolute Gasteiger partial charge is 0.481 e. The summed E-state index contributed by atoms with van der Waals surface area (Å²) in [4.78, 5) is 24.3. The van der Waals surface area contributed by atoms with Crippen LogP contribution in [0.4, 0.5) is 0 Å². The lowest BCUT2D eigenvalue weighted by molar-refractivity contribution is -0.139. The van der Waals surface area contributed by atoms with Gasteiger partial charge in [0.15, 0.2) is 0 Å². The summed E-state index contributed by atoms with van der Waals surface area (Å²) in [5.74, 6) is -1.18. The van der Waals surface area contributed by atoms with Gasteiger partial charge in [-0.05, 0) is 6.07 Å². The number of carbonyl (C=O) groups excluding carboxylic acids is 1. The minimum Gasteiger partial charge on any atom is -0.481 e. The molecule has 1 aromatic rings. The molecule has 1 fully saturated rings. The Morgan fingerprint density at radius 3 is 3.12 bits per heavy atom. The van der Waals surface area contributed by atoms with Crippen LogP contribution in [0.25, 0.3) is 0 Å². The first-order valence-electron chi connectivity index (χ1n) is 5.28. The highest BCUT2D eigenvalue weighted by atomic mass is 16.5. The molecule has 0 aromatic carbocycles. The summed E-state index contributed by atoms with van der Waals surface area (Å²) in [5.41, 5.74) is 0.363. The minimum atomic E-state index is -0.942. The maximum atomic E-state index is 12.1. The Hall–Kier alpha value is -1.89. The van der Waals surface area contributed by atoms with E-state index in [1.165, 1.54) is 11.1 Å². The summed E-state index contributed by atoms with van der Waals surface area (Å²) in [6.45, 7) is 1.08. The number of hydrogen-bond donors (Lipinski definition) is 2. The molecule has 92 valence electrons. The number of nitrogens with zero attached hydrogens (tertiary/aromatic N) is 2. The standard InChI is InChI=1S/C10H13N3O4/c14-9(15)5-7-6-17-4-3-13(7)10(16)8-1-2-11-12-8/h1-2,7H,3-6H2,(H,11,12)(H,14,15). The molecule has 7 nitrogen and oxygen atoms in total. The number of hydrogen-bond acceptors (Lipinski definition) is 4. The van der Waals surface area contributed by atoms with Crippen molar-refractivity contribution < 1.29 is 19.4 Å². The summed E-state index contributed by atoms with van der Waals surface area (Å²) in [6.07, 6.45) is 1.37. The van der Waals surface area contributed by atoms with Crippen LogP contribution in [0.2, 0.25) is 0 Å². The first kappa shape index (κ1) is 11.6. The van der Waals surface area contributed by atoms with Gasteiger partial charge in [-0.15, -0.1) is 0 Å². The average molecular weight is 239 g/mol. The molecule has 0 aliphatic carbocycles. The SMILES string of the molecule is O=C(O)CC1COCCN1C(=O)c1ccn[nH]1. The van der Waals surface area contributed by atoms with E-state index in [2.05, 4.69) is 10.2 Å². The van der Waals surface area contributed by atoms with Crippen molar-refractivity contribution in [2.24, 2.45) is 0 Å². The Bertz CT molecular complexity index is 404. The van der Waals surface area contributed by atoms with E-state index in [0.29, 0.717) is 18.8 Å². The smallest absolute Gasteiger partial charge is 0.305 e. The van der Waals surface area contributed by atoms with Gasteiger partial charge in [0.25, 0.3) is 5.91 Å². The van der Waals surface area contributed by atoms with E-state index in [4.69, 9.17) is 9.84 Å². The lowest BCUT2D eigenvalue weighted by atomic mass is 10.1. The van der Waals surface area contributed by atoms with E-state index in [9.17, 15) is 9.59 Å². The highest BCUT2D eigenvalue weighted by Crippen LogP contribution is 2.13. The number of ether oxygens (including phenoxy) is 1. The molecule has 1 aliphatic heterocycles. The number of carboxylic acid groups (broad SMARTS) is 1. The second-order valence-electron chi connectivity index (χ2n) is 3.80. The Labute approximate surface area is 97.4 Å². The predicted molar refractivity (Wildman–Crippen MR) is 56.5 cm³/mol. The van der Waals surface area contributed by atoms with Gasteiger partial charge in [-0.25, -0.2) is 0 Å². The van der Waals surface area contributed by atoms with Gasteiger partial charge in [0.2, 0.25) is 0 Å². The number of aromatic nitrogens is 2. The number of H-pyrrole nitrogens is 1. The minimum absolute atomic E-state index is 0.111. The molecule has 17 heavy (non-hydrogen) atoms. The fourth-order valence-corrected chi connectivity index (χ4v) is 1.82. The molecule has 0 bridgehead atoms. The number of rotatable bonds is 3. The fraction of sp³-hybridized carbons (Fsp3) is 0.500. The van der Waals surface area contributed by atoms with Crippen LogP contribution in [-0.4, -0.2) is 57.9 Å². The van der Waals surface area contributed by atoms with Crippen molar-refractivity contribution in [3.05, 3.63) is 18.0 Å². The third-order valence-corrected chi connectivity index (χ3v) is 2.63. The predicted octanol–water partition coefficient (Wildman–Crippen LogP) is -0.275. The molecular weight excluding hydrogens is 226 g/mol. The van der Waals surface area contributed by atoms with Gasteiger partial charge < -0.3 is 14.7 Å². The van der Waals surface area contributed by atoms with Crippen LogP contribution in [0.15, 0.2) is 12.3 Å². The van der Waals surface area contributed by atoms with Crippen molar-refractivity contribution in [3.8, 4) is 0 Å². The van der Waals surface area contributed by atoms with Crippen LogP contribution in [-0.2, 0) is 9.53 Å². The van der Waals surface area contributed by atoms with Crippen molar-refractivity contribution >= 4 is 11.9 Å². The van der Waals surface area contributed by atoms with E-state index in [1.54, 1.807) is 6.07 Å². The van der Waals surface area contributed by atoms with Gasteiger partial charge in [-0.3, -0.25) is 14.7 Å². The number of amides is 1. The maximum Gasteiger partial charge on any atom is 0.305 e. The first-order chi connectivity index (χ1) is 8.18. The lowest BCUT2D eigenvalue weighted by Crippen LogP contribution is -2.49. The summed E-state index contributed by atoms with van der Waals surface area (Å²) < 4.78 is 5.20. The molecule has 1 unspecified atom stereocenters. The first-order valence-corrected chi connectivity index (χ1v) is 5.28. The molecule has 1 amide bonds. The Morgan fingerprint density at radius 2 is 2.47 bits per heavy atom. The van der Waals surface area contributed by atoms with Gasteiger partial charge in [0.1, 0.15) is 5.69 Å². The number of morpholine rings is 1. The molecule has 0 saturated carbocycles. The van der Waals surface area contributed by atoms with Crippen LogP contribution in [0.3, 0.4) is 0 Å². The van der Waals surface area contributed by atoms with Crippen LogP contribution in [0.1, 0.15) is 16.9 Å². The van der Waals surface area contributed by atoms with E-state index in [-0.39, 0.29) is 18.9 Å². The zero-order chi connectivity index (χ0) is 12.3. The molecular formula is C10H13N3O4. The molecule has 0 spiro atoms. The second-order valence-corrected chi connectivity index (χ2v) is 3.80. The van der Waals surface area contributed by atoms with Crippen molar-refractivity contribution in [2.45, 2.75) is 12.5 Å². The summed E-state index contributed by atoms with van der Waals surface area (Å²) in [5, 5.41) is 15.1. The van der Waals surface area contributed by atoms with Gasteiger partial charge >= 0.3 is 5.97 Å². The van der Waals surface area contributed by atoms with E-state index in [0.717, 1.165) is 0 Å². The number of aliphatic carboxylic acids is 1. The number of nitrogens with one attached hydrogen (secondary N) is 1. The molecule has 2 N–H and O–H groups in total. The van der Waals surface area contributed by atoms with Crippen LogP contribution < -0.4 is 0 Å². The van der Waals surface area contributed by atoms with Crippen LogP contribution in [0.5, 0.6) is 0 Å². The molecule has 1 atom stereocenters. The molecule has 2 rings (SSSR count). The molecule has 2 heterocycles. The molecule has 7 heteroatoms. The van der Waals surface area contributed by atoms with Gasteiger partial charge in [0.05, 0.1) is 25.7 Å². The van der Waals surface area contributed by atoms with Crippen LogP contribution >= 0.6 is 0 Å². The Kier molecular flexibility index (Phi) is 3.38. The zero-order valence-electron chi connectivity index (χ0n) is 9.13. The third-order valence-electron chi connectivity index (χ3n) is 2.63. The number of aromatic amines is 1. The fourth-order valence-electron chi connectivity index (χ4n) is 1.82. The van der Waals surface area contributed by atoms with Crippen molar-refractivity contribution in [1.29, 1.82) is 0 Å². The third kappa shape index (κ3) is 2.62. The van der Waals surface area contributed by atoms with Crippen molar-refractivity contribution in [2.75, 3.05) is 19.8 Å². The van der Waals surface area contributed by atoms with Crippen molar-refractivity contribution in [1.82, 2.24) is 15.1 Å². The molecule has 0 radical (unpaired) electrons. The molecule has 1 saturated heterocycles. The molecule has 1 aromatic heterocycles. The normalized spacial score (nSPS) is 20.2. The Morgan fingerprint density at radius 1 is 1.65 bits per heavy atom. The highest BCUT2D eigenvalue weighted by molar-refractivity contribution is 5.92. The van der Waals surface area contributed by atoms with Gasteiger partial charge in [-0.1, -0.05) is 0 Å². The maximum absolute atomic E-state index is 12.1. The summed E-state index contributed by atoms with van der Waals surface area (Å²) >= 11 is 0. The van der Waals surface area contributed by atoms with E-state index < -0.39 is 12.0 Å². The Balaban J connectivity index is 2.10. The van der Waals surface area contributed by atoms with E-state index >= 15 is 0 Å². The topological polar surface area (TPSA) is 95.5 Å². The van der Waals surface area contributed by atoms with Crippen LogP contribution in [0, 0.1) is 0 Å². The average Bonchev–Trinajstić information content (AvgIpc) is 2.81. The quantitative estimate of drug-likeness (QED) is 0.756. The monoisotopic (exact) mass is 239 g/mol. The van der Waals surface area contributed by atoms with Crippen molar-refractivity contribution in [3.63, 3.8) is 0 Å². The van der Waals surface area contributed by atoms with E-state index in [1.807, 2.05) is 0 Å². The number of carbonyl (C=O) groups is 2. The van der Waals surface area contributed by atoms with Gasteiger partial charge in [-0.2, -0.15) is 5.10 Å². The second kappa shape index (κ2) is 4.96. The molecule has 1 aliphatic rings. The zero-order valence-corrected chi connectivity index (χ0v) is 9.13. The summed E-state index contributed by atoms with van der Waals surface area (Å²) in [6, 6.07) is 1.15.